The van der Waals surface area contributed by atoms with Crippen molar-refractivity contribution in [3.05, 3.63) is 24.3 Å². The zero-order chi connectivity index (χ0) is 11.7. The molecule has 0 saturated heterocycles. The first-order chi connectivity index (χ1) is 7.59. The Kier molecular flexibility index (Phi) is 2.52. The summed E-state index contributed by atoms with van der Waals surface area (Å²) in [5, 5.41) is 11.3. The second-order valence-corrected chi connectivity index (χ2v) is 3.86. The van der Waals surface area contributed by atoms with Gasteiger partial charge in [0.15, 0.2) is 0 Å². The molecule has 2 rings (SSSR count). The van der Waals surface area contributed by atoms with E-state index in [0.717, 1.165) is 0 Å². The molecule has 0 radical (unpaired) electrons. The van der Waals surface area contributed by atoms with Gasteiger partial charge in [0, 0.05) is 0 Å². The molecule has 84 valence electrons. The predicted octanol–water partition coefficient (Wildman–Crippen LogP) is 0.928. The number of benzene rings is 1. The Labute approximate surface area is 92.3 Å². The third-order valence-electron chi connectivity index (χ3n) is 2.66. The minimum Gasteiger partial charge on any atom is -0.481 e. The van der Waals surface area contributed by atoms with Crippen molar-refractivity contribution in [2.75, 3.05) is 11.1 Å². The Balaban J connectivity index is 1.99. The number of hydrogen-bond donors (Lipinski definition) is 3. The van der Waals surface area contributed by atoms with Crippen molar-refractivity contribution in [1.82, 2.24) is 0 Å². The van der Waals surface area contributed by atoms with Crippen molar-refractivity contribution in [2.45, 2.75) is 6.42 Å². The van der Waals surface area contributed by atoms with Gasteiger partial charge < -0.3 is 16.2 Å². The average molecular weight is 220 g/mol. The molecular weight excluding hydrogens is 208 g/mol. The van der Waals surface area contributed by atoms with Crippen LogP contribution in [-0.2, 0) is 9.59 Å². The highest BCUT2D eigenvalue weighted by molar-refractivity contribution is 5.99. The van der Waals surface area contributed by atoms with Crippen molar-refractivity contribution < 1.29 is 14.7 Å². The molecule has 5 heteroatoms. The van der Waals surface area contributed by atoms with Gasteiger partial charge in [-0.2, -0.15) is 0 Å². The molecule has 1 aliphatic rings. The van der Waals surface area contributed by atoms with Gasteiger partial charge in [0.05, 0.1) is 23.2 Å². The third-order valence-corrected chi connectivity index (χ3v) is 2.66. The summed E-state index contributed by atoms with van der Waals surface area (Å²) in [6.45, 7) is 0. The summed E-state index contributed by atoms with van der Waals surface area (Å²) >= 11 is 0. The van der Waals surface area contributed by atoms with Gasteiger partial charge in [-0.05, 0) is 18.6 Å². The van der Waals surface area contributed by atoms with E-state index in [4.69, 9.17) is 10.8 Å². The molecule has 1 amide bonds. The van der Waals surface area contributed by atoms with Crippen molar-refractivity contribution in [3.63, 3.8) is 0 Å². The Morgan fingerprint density at radius 3 is 2.56 bits per heavy atom. The van der Waals surface area contributed by atoms with Gasteiger partial charge in [0.1, 0.15) is 0 Å². The molecular formula is C11H12N2O3. The van der Waals surface area contributed by atoms with Crippen LogP contribution in [0.15, 0.2) is 24.3 Å². The van der Waals surface area contributed by atoms with E-state index in [-0.39, 0.29) is 5.91 Å². The van der Waals surface area contributed by atoms with Gasteiger partial charge in [-0.1, -0.05) is 12.1 Å². The number of nitrogens with one attached hydrogen (secondary N) is 1. The van der Waals surface area contributed by atoms with E-state index in [1.807, 2.05) is 0 Å². The normalized spacial score (nSPS) is 22.5. The lowest BCUT2D eigenvalue weighted by molar-refractivity contribution is -0.139. The van der Waals surface area contributed by atoms with Crippen molar-refractivity contribution >= 4 is 23.3 Å². The van der Waals surface area contributed by atoms with Gasteiger partial charge in [-0.15, -0.1) is 0 Å². The fourth-order valence-corrected chi connectivity index (χ4v) is 1.59. The molecule has 1 saturated carbocycles. The summed E-state index contributed by atoms with van der Waals surface area (Å²) in [7, 11) is 0. The standard InChI is InChI=1S/C11H12N2O3/c12-8-3-1-2-4-9(8)13-10(14)6-5-7(6)11(15)16/h1-4,6-7H,5,12H2,(H,13,14)(H,15,16)/t6-,7+/m1/s1. The van der Waals surface area contributed by atoms with Gasteiger partial charge in [-0.25, -0.2) is 0 Å². The molecule has 1 fully saturated rings. The molecule has 0 spiro atoms. The van der Waals surface area contributed by atoms with Crippen LogP contribution in [0.1, 0.15) is 6.42 Å². The first-order valence-electron chi connectivity index (χ1n) is 4.98. The minimum atomic E-state index is -0.916. The number of carboxylic acid groups (broad SMARTS) is 1. The maximum atomic E-state index is 11.6. The smallest absolute Gasteiger partial charge is 0.307 e. The van der Waals surface area contributed by atoms with Crippen LogP contribution in [0, 0.1) is 11.8 Å². The third kappa shape index (κ3) is 1.98. The largest absolute Gasteiger partial charge is 0.481 e. The van der Waals surface area contributed by atoms with Crippen molar-refractivity contribution in [2.24, 2.45) is 11.8 Å². The predicted molar refractivity (Wildman–Crippen MR) is 58.7 cm³/mol. The maximum Gasteiger partial charge on any atom is 0.307 e. The fraction of sp³-hybridized carbons (Fsp3) is 0.273. The van der Waals surface area contributed by atoms with Crippen LogP contribution in [0.5, 0.6) is 0 Å². The van der Waals surface area contributed by atoms with Gasteiger partial charge in [0.25, 0.3) is 0 Å². The molecule has 1 aromatic carbocycles. The summed E-state index contributed by atoms with van der Waals surface area (Å²) in [5.41, 5.74) is 6.66. The Hall–Kier alpha value is -2.04. The lowest BCUT2D eigenvalue weighted by Gasteiger charge is -2.06. The Morgan fingerprint density at radius 1 is 1.31 bits per heavy atom. The van der Waals surface area contributed by atoms with E-state index in [1.165, 1.54) is 0 Å². The highest BCUT2D eigenvalue weighted by atomic mass is 16.4. The van der Waals surface area contributed by atoms with Gasteiger partial charge in [-0.3, -0.25) is 9.59 Å². The quantitative estimate of drug-likeness (QED) is 0.660. The van der Waals surface area contributed by atoms with E-state index in [9.17, 15) is 9.59 Å². The number of nitrogens with two attached hydrogens (primary N) is 1. The van der Waals surface area contributed by atoms with Crippen LogP contribution in [-0.4, -0.2) is 17.0 Å². The van der Waals surface area contributed by atoms with Crippen LogP contribution in [0.3, 0.4) is 0 Å². The zero-order valence-corrected chi connectivity index (χ0v) is 8.51. The molecule has 0 bridgehead atoms. The number of rotatable bonds is 3. The summed E-state index contributed by atoms with van der Waals surface area (Å²) in [6, 6.07) is 6.89. The molecule has 2 atom stereocenters. The molecule has 0 heterocycles. The monoisotopic (exact) mass is 220 g/mol. The number of carboxylic acids is 1. The highest BCUT2D eigenvalue weighted by Crippen LogP contribution is 2.39. The Morgan fingerprint density at radius 2 is 2.00 bits per heavy atom. The van der Waals surface area contributed by atoms with Crippen LogP contribution < -0.4 is 11.1 Å². The topological polar surface area (TPSA) is 92.4 Å². The molecule has 4 N–H and O–H groups in total. The maximum absolute atomic E-state index is 11.6. The fourth-order valence-electron chi connectivity index (χ4n) is 1.59. The van der Waals surface area contributed by atoms with Crippen LogP contribution >= 0.6 is 0 Å². The van der Waals surface area contributed by atoms with Crippen molar-refractivity contribution in [3.8, 4) is 0 Å². The second-order valence-electron chi connectivity index (χ2n) is 3.86. The highest BCUT2D eigenvalue weighted by Gasteiger charge is 2.48. The number of nitrogen functional groups attached to an aromatic ring is 1. The number of carbonyl (C=O) groups excluding carboxylic acids is 1. The molecule has 16 heavy (non-hydrogen) atoms. The molecule has 0 aromatic heterocycles. The minimum absolute atomic E-state index is 0.273. The summed E-state index contributed by atoms with van der Waals surface area (Å²) in [5.74, 6) is -2.14. The van der Waals surface area contributed by atoms with Crippen LogP contribution in [0.4, 0.5) is 11.4 Å². The average Bonchev–Trinajstić information content (AvgIpc) is 3.01. The second kappa shape index (κ2) is 3.84. The first-order valence-corrected chi connectivity index (χ1v) is 4.98. The lowest BCUT2D eigenvalue weighted by Crippen LogP contribution is -2.17. The number of anilines is 2. The molecule has 0 unspecified atom stereocenters. The molecule has 0 aliphatic heterocycles. The van der Waals surface area contributed by atoms with Gasteiger partial charge >= 0.3 is 5.97 Å². The SMILES string of the molecule is Nc1ccccc1NC(=O)[C@@H]1C[C@@H]1C(=O)O. The number of amides is 1. The van der Waals surface area contributed by atoms with Crippen LogP contribution in [0.2, 0.25) is 0 Å². The van der Waals surface area contributed by atoms with E-state index >= 15 is 0 Å². The number of para-hydroxylation sites is 2. The van der Waals surface area contributed by atoms with E-state index in [1.54, 1.807) is 24.3 Å². The number of aliphatic carboxylic acids is 1. The number of carbonyl (C=O) groups is 2. The summed E-state index contributed by atoms with van der Waals surface area (Å²) in [4.78, 5) is 22.2. The molecule has 5 nitrogen and oxygen atoms in total. The lowest BCUT2D eigenvalue weighted by atomic mass is 10.2. The van der Waals surface area contributed by atoms with Crippen molar-refractivity contribution in [1.29, 1.82) is 0 Å². The van der Waals surface area contributed by atoms with E-state index in [0.29, 0.717) is 17.8 Å². The van der Waals surface area contributed by atoms with Gasteiger partial charge in [0.2, 0.25) is 5.91 Å². The Bertz CT molecular complexity index is 445. The molecule has 1 aliphatic carbocycles. The van der Waals surface area contributed by atoms with E-state index < -0.39 is 17.8 Å². The first kappa shape index (κ1) is 10.5. The van der Waals surface area contributed by atoms with Crippen LogP contribution in [0.25, 0.3) is 0 Å². The zero-order valence-electron chi connectivity index (χ0n) is 8.51. The summed E-state index contributed by atoms with van der Waals surface area (Å²) < 4.78 is 0. The number of hydrogen-bond acceptors (Lipinski definition) is 3. The summed E-state index contributed by atoms with van der Waals surface area (Å²) in [6.07, 6.45) is 0.411. The van der Waals surface area contributed by atoms with E-state index in [2.05, 4.69) is 5.32 Å². The molecule has 1 aromatic rings.